The highest BCUT2D eigenvalue weighted by Gasteiger charge is 2.27. The first kappa shape index (κ1) is 35.7. The molecule has 0 bridgehead atoms. The lowest BCUT2D eigenvalue weighted by Crippen LogP contribution is -2.13. The fourth-order valence-corrected chi connectivity index (χ4v) is 5.17. The zero-order chi connectivity index (χ0) is 35.7. The summed E-state index contributed by atoms with van der Waals surface area (Å²) in [6.07, 6.45) is 7.68. The predicted octanol–water partition coefficient (Wildman–Crippen LogP) is 6.26. The second-order valence-corrected chi connectivity index (χ2v) is 10.7. The number of carboxylic acid groups (broad SMARTS) is 2. The third kappa shape index (κ3) is 8.41. The number of ketones is 3. The van der Waals surface area contributed by atoms with Crippen LogP contribution in [0.25, 0.3) is 21.9 Å². The van der Waals surface area contributed by atoms with Crippen molar-refractivity contribution in [3.05, 3.63) is 83.2 Å². The summed E-state index contributed by atoms with van der Waals surface area (Å²) in [6.45, 7) is 0. The number of aromatic hydroxyl groups is 1. The summed E-state index contributed by atoms with van der Waals surface area (Å²) >= 11 is 0. The number of esters is 1. The van der Waals surface area contributed by atoms with Crippen molar-refractivity contribution in [2.75, 3.05) is 14.2 Å². The number of benzene rings is 2. The summed E-state index contributed by atoms with van der Waals surface area (Å²) in [5, 5.41) is 27.7. The Bertz CT molecular complexity index is 2010. The number of carboxylic acids is 2. The van der Waals surface area contributed by atoms with Crippen LogP contribution in [0.2, 0.25) is 0 Å². The maximum absolute atomic E-state index is 11.4. The largest absolute Gasteiger partial charge is 0.507 e. The number of rotatable bonds is 4. The van der Waals surface area contributed by atoms with Gasteiger partial charge in [0.25, 0.3) is 0 Å². The van der Waals surface area contributed by atoms with Gasteiger partial charge in [0.1, 0.15) is 75.5 Å². The van der Waals surface area contributed by atoms with Gasteiger partial charge in [0.2, 0.25) is 0 Å². The number of carbonyl (C=O) groups excluding carboxylic acids is 4. The van der Waals surface area contributed by atoms with Crippen LogP contribution < -0.4 is 4.74 Å². The molecule has 5 aromatic rings. The van der Waals surface area contributed by atoms with E-state index in [1.165, 1.54) is 19.4 Å². The minimum absolute atomic E-state index is 0.000278. The third-order valence-corrected chi connectivity index (χ3v) is 7.48. The van der Waals surface area contributed by atoms with Crippen LogP contribution in [0, 0.1) is 0 Å². The van der Waals surface area contributed by atoms with Crippen LogP contribution in [0.4, 0.5) is 0 Å². The van der Waals surface area contributed by atoms with Crippen LogP contribution in [0.1, 0.15) is 85.7 Å². The highest BCUT2D eigenvalue weighted by Crippen LogP contribution is 2.31. The molecule has 49 heavy (non-hydrogen) atoms. The summed E-state index contributed by atoms with van der Waals surface area (Å²) in [7, 11) is 2.87. The number of Topliss-reactive ketones (excluding diaryl/α,β-unsaturated/α-hetero) is 3. The molecule has 3 heterocycles. The van der Waals surface area contributed by atoms with E-state index in [4.69, 9.17) is 28.2 Å². The van der Waals surface area contributed by atoms with E-state index in [0.717, 1.165) is 25.4 Å². The lowest BCUT2D eigenvalue weighted by Gasteiger charge is -2.08. The quantitative estimate of drug-likeness (QED) is 0.141. The molecule has 14 heteroatoms. The molecule has 0 spiro atoms. The average molecular weight is 677 g/mol. The normalized spacial score (nSPS) is 13.6. The number of hydrogen-bond donors (Lipinski definition) is 3. The number of phenols is 1. The highest BCUT2D eigenvalue weighted by molar-refractivity contribution is 6.07. The van der Waals surface area contributed by atoms with E-state index in [0.29, 0.717) is 59.3 Å². The maximum atomic E-state index is 11.4. The zero-order valence-corrected chi connectivity index (χ0v) is 26.5. The average Bonchev–Trinajstić information content (AvgIpc) is 3.83. The Balaban J connectivity index is 0.000000150. The van der Waals surface area contributed by atoms with Gasteiger partial charge in [-0.3, -0.25) is 14.4 Å². The van der Waals surface area contributed by atoms with Gasteiger partial charge in [-0.25, -0.2) is 14.4 Å². The molecule has 0 amide bonds. The number of methoxy groups -OCH3 is 2. The van der Waals surface area contributed by atoms with Gasteiger partial charge in [0.05, 0.1) is 37.0 Å². The molecule has 3 N–H and O–H groups in total. The lowest BCUT2D eigenvalue weighted by molar-refractivity contribution is -0.129. The molecular formula is C35H32O14. The van der Waals surface area contributed by atoms with Crippen molar-refractivity contribution in [2.45, 2.75) is 44.9 Å². The van der Waals surface area contributed by atoms with E-state index in [1.54, 1.807) is 37.4 Å². The number of aromatic carboxylic acids is 2. The number of phenolic OH excluding ortho intramolecular Hbond substituents is 1. The number of hydrogen-bond acceptors (Lipinski definition) is 12. The van der Waals surface area contributed by atoms with Crippen LogP contribution in [-0.2, 0) is 20.7 Å². The van der Waals surface area contributed by atoms with E-state index in [9.17, 15) is 33.9 Å². The third-order valence-electron chi connectivity index (χ3n) is 7.48. The number of carbonyl (C=O) groups is 6. The SMILES string of the molecule is COC(=O)c1coc2cccc(OC)c12.O=C(O)c1coc2c1C(=O)CCC2.O=C(O)c1coc2cccc(O)c12.O=C1CCCC(=O)C1. The Morgan fingerprint density at radius 3 is 1.84 bits per heavy atom. The number of ether oxygens (including phenoxy) is 2. The molecule has 7 rings (SSSR count). The van der Waals surface area contributed by atoms with Gasteiger partial charge in [-0.1, -0.05) is 12.1 Å². The maximum Gasteiger partial charge on any atom is 0.341 e. The topological polar surface area (TPSA) is 221 Å². The van der Waals surface area contributed by atoms with Gasteiger partial charge >= 0.3 is 17.9 Å². The molecule has 14 nitrogen and oxygen atoms in total. The first-order chi connectivity index (χ1) is 23.5. The fourth-order valence-electron chi connectivity index (χ4n) is 5.17. The van der Waals surface area contributed by atoms with Gasteiger partial charge in [0.15, 0.2) is 5.78 Å². The van der Waals surface area contributed by atoms with Crippen molar-refractivity contribution in [3.8, 4) is 11.5 Å². The van der Waals surface area contributed by atoms with Gasteiger partial charge in [-0.05, 0) is 37.1 Å². The van der Waals surface area contributed by atoms with Crippen molar-refractivity contribution in [2.24, 2.45) is 0 Å². The second-order valence-electron chi connectivity index (χ2n) is 10.7. The van der Waals surface area contributed by atoms with E-state index >= 15 is 0 Å². The molecule has 3 aromatic heterocycles. The Labute approximate surface area is 277 Å². The molecule has 256 valence electrons. The Kier molecular flexibility index (Phi) is 11.7. The van der Waals surface area contributed by atoms with Crippen LogP contribution in [-0.4, -0.2) is 64.8 Å². The molecule has 2 aliphatic rings. The lowest BCUT2D eigenvalue weighted by atomic mass is 9.94. The molecular weight excluding hydrogens is 644 g/mol. The van der Waals surface area contributed by atoms with Gasteiger partial charge in [-0.15, -0.1) is 0 Å². The molecule has 2 aliphatic carbocycles. The van der Waals surface area contributed by atoms with E-state index in [1.807, 2.05) is 0 Å². The van der Waals surface area contributed by atoms with E-state index in [-0.39, 0.29) is 51.6 Å². The molecule has 0 radical (unpaired) electrons. The van der Waals surface area contributed by atoms with Crippen molar-refractivity contribution >= 4 is 57.2 Å². The predicted molar refractivity (Wildman–Crippen MR) is 170 cm³/mol. The minimum atomic E-state index is -1.11. The van der Waals surface area contributed by atoms with Crippen molar-refractivity contribution in [3.63, 3.8) is 0 Å². The summed E-state index contributed by atoms with van der Waals surface area (Å²) in [5.41, 5.74) is 1.61. The van der Waals surface area contributed by atoms with E-state index in [2.05, 4.69) is 4.74 Å². The minimum Gasteiger partial charge on any atom is -0.507 e. The fraction of sp³-hybridized carbons (Fsp3) is 0.257. The molecule has 2 aromatic carbocycles. The van der Waals surface area contributed by atoms with Crippen LogP contribution in [0.15, 0.2) is 68.4 Å². The van der Waals surface area contributed by atoms with Crippen molar-refractivity contribution in [1.29, 1.82) is 0 Å². The molecule has 0 unspecified atom stereocenters. The number of fused-ring (bicyclic) bond motifs is 3. The zero-order valence-electron chi connectivity index (χ0n) is 26.5. The summed E-state index contributed by atoms with van der Waals surface area (Å²) in [4.78, 5) is 65.0. The Morgan fingerprint density at radius 1 is 0.694 bits per heavy atom. The van der Waals surface area contributed by atoms with Crippen LogP contribution in [0.5, 0.6) is 11.5 Å². The number of furan rings is 3. The van der Waals surface area contributed by atoms with Crippen molar-refractivity contribution in [1.82, 2.24) is 0 Å². The number of aryl methyl sites for hydroxylation is 1. The van der Waals surface area contributed by atoms with Gasteiger partial charge in [-0.2, -0.15) is 0 Å². The first-order valence-corrected chi connectivity index (χ1v) is 14.9. The Hall–Kier alpha value is -6.18. The summed E-state index contributed by atoms with van der Waals surface area (Å²) in [5.74, 6) is -1.49. The standard InChI is InChI=1S/C11H10O4.C9H8O4.C9H6O4.C6H8O2/c1-13-8-4-3-5-9-10(8)7(6-15-9)11(12)14-2;2*10-6-2-1-3-7-8(6)5(4-13-7)9(11)12;7-5-2-1-3-6(8)4-5/h3-6H,1-2H3;4H,1-3H2,(H,11,12);1-4,10H,(H,11,12);1-4H2. The molecule has 0 atom stereocenters. The molecule has 1 fully saturated rings. The summed E-state index contributed by atoms with van der Waals surface area (Å²) in [6, 6.07) is 9.94. The Morgan fingerprint density at radius 2 is 1.27 bits per heavy atom. The van der Waals surface area contributed by atoms with E-state index < -0.39 is 17.9 Å². The van der Waals surface area contributed by atoms with Crippen molar-refractivity contribution < 1.29 is 66.8 Å². The second kappa shape index (κ2) is 16.1. The van der Waals surface area contributed by atoms with Crippen LogP contribution in [0.3, 0.4) is 0 Å². The molecule has 0 saturated heterocycles. The molecule has 1 saturated carbocycles. The van der Waals surface area contributed by atoms with Crippen LogP contribution >= 0.6 is 0 Å². The highest BCUT2D eigenvalue weighted by atomic mass is 16.5. The first-order valence-electron chi connectivity index (χ1n) is 14.9. The monoisotopic (exact) mass is 676 g/mol. The summed E-state index contributed by atoms with van der Waals surface area (Å²) < 4.78 is 25.0. The van der Waals surface area contributed by atoms with Gasteiger partial charge in [0, 0.05) is 25.7 Å². The molecule has 0 aliphatic heterocycles. The smallest absolute Gasteiger partial charge is 0.341 e. The van der Waals surface area contributed by atoms with Gasteiger partial charge < -0.3 is 38.0 Å².